The first-order valence-electron chi connectivity index (χ1n) is 9.24. The van der Waals surface area contributed by atoms with Crippen molar-refractivity contribution in [2.24, 2.45) is 7.05 Å². The predicted molar refractivity (Wildman–Crippen MR) is 112 cm³/mol. The zero-order valence-corrected chi connectivity index (χ0v) is 17.1. The molecule has 0 spiro atoms. The zero-order valence-electron chi connectivity index (χ0n) is 16.3. The van der Waals surface area contributed by atoms with Crippen LogP contribution >= 0.6 is 11.8 Å². The number of amides is 3. The van der Waals surface area contributed by atoms with Gasteiger partial charge in [-0.1, -0.05) is 72.4 Å². The van der Waals surface area contributed by atoms with E-state index in [4.69, 9.17) is 0 Å². The second kappa shape index (κ2) is 9.88. The molecular weight excluding hydrogens is 386 g/mol. The van der Waals surface area contributed by atoms with E-state index in [0.29, 0.717) is 18.1 Å². The lowest BCUT2D eigenvalue weighted by atomic mass is 10.1. The summed E-state index contributed by atoms with van der Waals surface area (Å²) in [5, 5.41) is 13.6. The predicted octanol–water partition coefficient (Wildman–Crippen LogP) is 2.91. The molecule has 8 heteroatoms. The monoisotopic (exact) mass is 409 g/mol. The molecule has 1 atom stereocenters. The van der Waals surface area contributed by atoms with Crippen LogP contribution in [-0.2, 0) is 24.8 Å². The van der Waals surface area contributed by atoms with Gasteiger partial charge in [0.25, 0.3) is 0 Å². The van der Waals surface area contributed by atoms with Crippen molar-refractivity contribution >= 4 is 23.7 Å². The van der Waals surface area contributed by atoms with Gasteiger partial charge in [0.1, 0.15) is 5.82 Å². The van der Waals surface area contributed by atoms with E-state index in [2.05, 4.69) is 20.8 Å². The van der Waals surface area contributed by atoms with Crippen molar-refractivity contribution in [3.63, 3.8) is 0 Å². The Morgan fingerprint density at radius 1 is 1.00 bits per heavy atom. The smallest absolute Gasteiger partial charge is 0.321 e. The van der Waals surface area contributed by atoms with Crippen molar-refractivity contribution in [2.45, 2.75) is 30.3 Å². The summed E-state index contributed by atoms with van der Waals surface area (Å²) in [7, 11) is 1.87. The average molecular weight is 410 g/mol. The fraction of sp³-hybridized carbons (Fsp3) is 0.238. The molecule has 150 valence electrons. The first kappa shape index (κ1) is 20.6. The molecule has 3 amide bonds. The molecule has 29 heavy (non-hydrogen) atoms. The summed E-state index contributed by atoms with van der Waals surface area (Å²) in [5.41, 5.74) is 2.10. The van der Waals surface area contributed by atoms with Crippen molar-refractivity contribution in [2.75, 3.05) is 0 Å². The van der Waals surface area contributed by atoms with Crippen molar-refractivity contribution in [1.29, 1.82) is 0 Å². The number of rotatable bonds is 7. The second-order valence-corrected chi connectivity index (χ2v) is 7.85. The van der Waals surface area contributed by atoms with Crippen molar-refractivity contribution in [3.8, 4) is 0 Å². The van der Waals surface area contributed by atoms with Crippen LogP contribution in [0.25, 0.3) is 0 Å². The van der Waals surface area contributed by atoms with Gasteiger partial charge in [0.15, 0.2) is 5.16 Å². The van der Waals surface area contributed by atoms with Crippen LogP contribution in [0.2, 0.25) is 0 Å². The Balaban J connectivity index is 1.51. The van der Waals surface area contributed by atoms with Crippen LogP contribution in [0.1, 0.15) is 23.9 Å². The van der Waals surface area contributed by atoms with E-state index in [1.54, 1.807) is 6.92 Å². The molecule has 0 aliphatic carbocycles. The lowest BCUT2D eigenvalue weighted by Crippen LogP contribution is -2.42. The van der Waals surface area contributed by atoms with E-state index < -0.39 is 11.3 Å². The number of imide groups is 1. The molecule has 1 aromatic heterocycles. The minimum atomic E-state index is -0.519. The van der Waals surface area contributed by atoms with Gasteiger partial charge in [-0.05, 0) is 18.1 Å². The highest BCUT2D eigenvalue weighted by Gasteiger charge is 2.20. The first-order chi connectivity index (χ1) is 14.0. The molecule has 0 saturated carbocycles. The number of carbonyl (C=O) groups excluding carboxylic acids is 2. The van der Waals surface area contributed by atoms with Crippen molar-refractivity contribution in [3.05, 3.63) is 77.6 Å². The van der Waals surface area contributed by atoms with Crippen LogP contribution in [0.4, 0.5) is 4.79 Å². The van der Waals surface area contributed by atoms with E-state index in [9.17, 15) is 9.59 Å². The minimum absolute atomic E-state index is 0.355. The Kier molecular flexibility index (Phi) is 7.02. The number of aromatic nitrogens is 3. The first-order valence-corrected chi connectivity index (χ1v) is 10.1. The van der Waals surface area contributed by atoms with Crippen LogP contribution in [0.15, 0.2) is 65.8 Å². The van der Waals surface area contributed by atoms with Crippen LogP contribution < -0.4 is 10.6 Å². The number of hydrogen-bond donors (Lipinski definition) is 2. The van der Waals surface area contributed by atoms with Crippen LogP contribution in [0, 0.1) is 0 Å². The molecule has 0 saturated heterocycles. The molecule has 0 bridgehead atoms. The lowest BCUT2D eigenvalue weighted by molar-refractivity contribution is -0.119. The second-order valence-electron chi connectivity index (χ2n) is 6.54. The normalized spacial score (nSPS) is 11.7. The minimum Gasteiger partial charge on any atom is -0.334 e. The summed E-state index contributed by atoms with van der Waals surface area (Å²) >= 11 is 1.26. The van der Waals surface area contributed by atoms with Gasteiger partial charge in [0, 0.05) is 20.0 Å². The number of hydrogen-bond acceptors (Lipinski definition) is 5. The maximum atomic E-state index is 12.3. The maximum absolute atomic E-state index is 12.3. The topological polar surface area (TPSA) is 88.9 Å². The van der Waals surface area contributed by atoms with Gasteiger partial charge in [0.2, 0.25) is 5.91 Å². The van der Waals surface area contributed by atoms with Crippen LogP contribution in [0.3, 0.4) is 0 Å². The Hall–Kier alpha value is -3.13. The van der Waals surface area contributed by atoms with Gasteiger partial charge in [-0.15, -0.1) is 10.2 Å². The largest absolute Gasteiger partial charge is 0.334 e. The van der Waals surface area contributed by atoms with E-state index in [0.717, 1.165) is 17.0 Å². The van der Waals surface area contributed by atoms with Gasteiger partial charge in [0.05, 0.1) is 5.25 Å². The Bertz CT molecular complexity index is 960. The van der Waals surface area contributed by atoms with Crippen LogP contribution in [0.5, 0.6) is 0 Å². The van der Waals surface area contributed by atoms with Gasteiger partial charge in [-0.25, -0.2) is 4.79 Å². The molecular formula is C21H23N5O2S. The third-order valence-electron chi connectivity index (χ3n) is 4.31. The Morgan fingerprint density at radius 3 is 2.28 bits per heavy atom. The van der Waals surface area contributed by atoms with Gasteiger partial charge in [-0.3, -0.25) is 10.1 Å². The molecule has 0 radical (unpaired) electrons. The fourth-order valence-corrected chi connectivity index (χ4v) is 3.46. The number of benzene rings is 2. The summed E-state index contributed by atoms with van der Waals surface area (Å²) < 4.78 is 1.87. The highest BCUT2D eigenvalue weighted by Crippen LogP contribution is 2.22. The van der Waals surface area contributed by atoms with Crippen molar-refractivity contribution < 1.29 is 9.59 Å². The zero-order chi connectivity index (χ0) is 20.6. The highest BCUT2D eigenvalue weighted by atomic mass is 32.2. The van der Waals surface area contributed by atoms with E-state index in [-0.39, 0.29) is 5.91 Å². The van der Waals surface area contributed by atoms with Gasteiger partial charge in [-0.2, -0.15) is 0 Å². The molecule has 0 fully saturated rings. The molecule has 7 nitrogen and oxygen atoms in total. The molecule has 0 aliphatic rings. The molecule has 2 N–H and O–H groups in total. The molecule has 3 rings (SSSR count). The fourth-order valence-electron chi connectivity index (χ4n) is 2.63. The molecule has 1 heterocycles. The maximum Gasteiger partial charge on any atom is 0.321 e. The highest BCUT2D eigenvalue weighted by molar-refractivity contribution is 8.00. The Morgan fingerprint density at radius 2 is 1.62 bits per heavy atom. The number of nitrogens with one attached hydrogen (secondary N) is 2. The third-order valence-corrected chi connectivity index (χ3v) is 5.45. The number of nitrogens with zero attached hydrogens (tertiary/aromatic N) is 3. The standard InChI is InChI=1S/C21H23N5O2S/c1-15(19(27)23-20(28)22-14-17-11-7-4-8-12-17)29-21-25-24-18(26(21)2)13-16-9-5-3-6-10-16/h3-12,15H,13-14H2,1-2H3,(H2,22,23,27,28)/t15-/m1/s1. The van der Waals surface area contributed by atoms with E-state index in [1.807, 2.05) is 72.3 Å². The van der Waals surface area contributed by atoms with E-state index in [1.165, 1.54) is 11.8 Å². The number of thioether (sulfide) groups is 1. The SMILES string of the molecule is C[C@@H](Sc1nnc(Cc2ccccc2)n1C)C(=O)NC(=O)NCc1ccccc1. The summed E-state index contributed by atoms with van der Waals surface area (Å²) in [4.78, 5) is 24.3. The quantitative estimate of drug-likeness (QED) is 0.586. The average Bonchev–Trinajstić information content (AvgIpc) is 3.07. The molecule has 3 aromatic rings. The van der Waals surface area contributed by atoms with Gasteiger partial charge < -0.3 is 9.88 Å². The lowest BCUT2D eigenvalue weighted by Gasteiger charge is -2.12. The Labute approximate surface area is 173 Å². The summed E-state index contributed by atoms with van der Waals surface area (Å²) in [6.45, 7) is 2.09. The van der Waals surface area contributed by atoms with Gasteiger partial charge >= 0.3 is 6.03 Å². The number of carbonyl (C=O) groups is 2. The molecule has 0 aliphatic heterocycles. The molecule has 2 aromatic carbocycles. The number of urea groups is 1. The van der Waals surface area contributed by atoms with Crippen molar-refractivity contribution in [1.82, 2.24) is 25.4 Å². The summed E-state index contributed by atoms with van der Waals surface area (Å²) in [5.74, 6) is 0.431. The van der Waals surface area contributed by atoms with Crippen LogP contribution in [-0.4, -0.2) is 32.0 Å². The summed E-state index contributed by atoms with van der Waals surface area (Å²) in [6.07, 6.45) is 0.660. The van der Waals surface area contributed by atoms with E-state index >= 15 is 0 Å². The third kappa shape index (κ3) is 5.92. The molecule has 0 unspecified atom stereocenters. The summed E-state index contributed by atoms with van der Waals surface area (Å²) in [6, 6.07) is 19.0.